The van der Waals surface area contributed by atoms with Gasteiger partial charge in [0, 0.05) is 0 Å². The first-order valence-electron chi connectivity index (χ1n) is 10.4. The van der Waals surface area contributed by atoms with Crippen LogP contribution < -0.4 is 4.74 Å². The Morgan fingerprint density at radius 3 is 1.79 bits per heavy atom. The molecule has 2 saturated carbocycles. The highest BCUT2D eigenvalue weighted by Gasteiger charge is 2.34. The van der Waals surface area contributed by atoms with Gasteiger partial charge in [-0.05, 0) is 67.1 Å². The first-order chi connectivity index (χ1) is 13.2. The third-order valence-corrected chi connectivity index (χ3v) is 6.57. The molecule has 0 heterocycles. The van der Waals surface area contributed by atoms with Gasteiger partial charge in [0.1, 0.15) is 0 Å². The molecule has 0 bridgehead atoms. The average molecular weight is 404 g/mol. The topological polar surface area (TPSA) is 9.23 Å². The maximum absolute atomic E-state index is 13.9. The minimum absolute atomic E-state index is 0.329. The Kier molecular flexibility index (Phi) is 6.87. The quantitative estimate of drug-likeness (QED) is 0.464. The van der Waals surface area contributed by atoms with Crippen LogP contribution >= 0.6 is 0 Å². The minimum Gasteiger partial charge on any atom is -0.399 e. The zero-order valence-corrected chi connectivity index (χ0v) is 16.3. The lowest BCUT2D eigenvalue weighted by Crippen LogP contribution is -2.21. The van der Waals surface area contributed by atoms with Crippen LogP contribution in [0.15, 0.2) is 12.1 Å². The molecule has 28 heavy (non-hydrogen) atoms. The molecule has 0 N–H and O–H groups in total. The Hall–Kier alpha value is -1.33. The molecular weight excluding hydrogens is 375 g/mol. The van der Waals surface area contributed by atoms with Crippen LogP contribution in [0.3, 0.4) is 0 Å². The molecule has 2 aliphatic rings. The Labute approximate surface area is 163 Å². The van der Waals surface area contributed by atoms with Crippen molar-refractivity contribution in [3.63, 3.8) is 0 Å². The van der Waals surface area contributed by atoms with E-state index in [4.69, 9.17) is 0 Å². The highest BCUT2D eigenvalue weighted by Crippen LogP contribution is 2.39. The summed E-state index contributed by atoms with van der Waals surface area (Å²) in [6, 6.07) is 1.94. The van der Waals surface area contributed by atoms with Crippen molar-refractivity contribution >= 4 is 0 Å². The maximum atomic E-state index is 13.9. The normalized spacial score (nSPS) is 28.9. The summed E-state index contributed by atoms with van der Waals surface area (Å²) >= 11 is 0. The smallest absolute Gasteiger partial charge is 0.399 e. The summed E-state index contributed by atoms with van der Waals surface area (Å²) in [5, 5.41) is 0. The van der Waals surface area contributed by atoms with Gasteiger partial charge in [-0.15, -0.1) is 13.2 Å². The Balaban J connectivity index is 1.49. The van der Waals surface area contributed by atoms with E-state index in [2.05, 4.69) is 11.7 Å². The highest BCUT2D eigenvalue weighted by atomic mass is 19.4. The van der Waals surface area contributed by atoms with Gasteiger partial charge in [-0.2, -0.15) is 0 Å². The van der Waals surface area contributed by atoms with Crippen molar-refractivity contribution < 1.29 is 26.7 Å². The molecule has 1 aromatic carbocycles. The molecule has 0 spiro atoms. The summed E-state index contributed by atoms with van der Waals surface area (Å²) in [6.45, 7) is 2.33. The number of halogens is 5. The molecule has 6 heteroatoms. The van der Waals surface area contributed by atoms with Crippen LogP contribution in [0.1, 0.15) is 70.3 Å². The van der Waals surface area contributed by atoms with Crippen molar-refractivity contribution in [2.45, 2.75) is 77.5 Å². The number of benzene rings is 1. The second-order valence-corrected chi connectivity index (χ2v) is 8.89. The lowest BCUT2D eigenvalue weighted by Gasteiger charge is -2.33. The van der Waals surface area contributed by atoms with Crippen molar-refractivity contribution in [3.05, 3.63) is 29.3 Å². The van der Waals surface area contributed by atoms with Crippen molar-refractivity contribution in [2.75, 3.05) is 0 Å². The number of hydrogen-bond acceptors (Lipinski definition) is 1. The second kappa shape index (κ2) is 9.00. The van der Waals surface area contributed by atoms with E-state index < -0.39 is 23.7 Å². The summed E-state index contributed by atoms with van der Waals surface area (Å²) in [5.74, 6) is -1.19. The van der Waals surface area contributed by atoms with Crippen molar-refractivity contribution in [1.29, 1.82) is 0 Å². The minimum atomic E-state index is -5.11. The molecule has 0 amide bonds. The molecule has 1 nitrogen and oxygen atoms in total. The average Bonchev–Trinajstić information content (AvgIpc) is 2.61. The Morgan fingerprint density at radius 1 is 0.821 bits per heavy atom. The number of ether oxygens (including phenoxy) is 1. The SMILES string of the molecule is CC1CCC(CC2CCC(Cc3cc(F)c(OC(F)(F)F)c(F)c3)CC2)CC1. The molecule has 0 aliphatic heterocycles. The molecule has 1 aromatic rings. The molecule has 0 radical (unpaired) electrons. The van der Waals surface area contributed by atoms with E-state index in [1.807, 2.05) is 0 Å². The summed E-state index contributed by atoms with van der Waals surface area (Å²) in [4.78, 5) is 0. The Bertz CT molecular complexity index is 618. The third kappa shape index (κ3) is 6.08. The van der Waals surface area contributed by atoms with E-state index in [1.165, 1.54) is 32.1 Å². The zero-order chi connectivity index (χ0) is 20.3. The molecule has 0 atom stereocenters. The molecule has 0 saturated heterocycles. The molecule has 3 rings (SSSR count). The number of alkyl halides is 3. The van der Waals surface area contributed by atoms with Crippen molar-refractivity contribution in [2.24, 2.45) is 23.7 Å². The molecular formula is C22H29F5O. The van der Waals surface area contributed by atoms with E-state index in [0.717, 1.165) is 55.6 Å². The predicted molar refractivity (Wildman–Crippen MR) is 97.9 cm³/mol. The standard InChI is InChI=1S/C22H29F5O/c1-14-2-4-15(5-3-14)10-16-6-8-17(9-7-16)11-18-12-19(23)21(20(24)13-18)28-22(25,26)27/h12-17H,2-11H2,1H3. The first-order valence-corrected chi connectivity index (χ1v) is 10.4. The second-order valence-electron chi connectivity index (χ2n) is 8.89. The van der Waals surface area contributed by atoms with Crippen molar-refractivity contribution in [3.8, 4) is 5.75 Å². The lowest BCUT2D eigenvalue weighted by molar-refractivity contribution is -0.276. The van der Waals surface area contributed by atoms with Gasteiger partial charge < -0.3 is 4.74 Å². The van der Waals surface area contributed by atoms with E-state index in [1.54, 1.807) is 0 Å². The monoisotopic (exact) mass is 404 g/mol. The number of hydrogen-bond donors (Lipinski definition) is 0. The summed E-state index contributed by atoms with van der Waals surface area (Å²) in [7, 11) is 0. The van der Waals surface area contributed by atoms with Gasteiger partial charge in [0.2, 0.25) is 5.75 Å². The van der Waals surface area contributed by atoms with Crippen LogP contribution in [0.4, 0.5) is 22.0 Å². The van der Waals surface area contributed by atoms with E-state index in [-0.39, 0.29) is 0 Å². The van der Waals surface area contributed by atoms with Crippen LogP contribution in [-0.2, 0) is 6.42 Å². The van der Waals surface area contributed by atoms with Crippen LogP contribution in [0.25, 0.3) is 0 Å². The lowest BCUT2D eigenvalue weighted by atomic mass is 9.72. The summed E-state index contributed by atoms with van der Waals surface area (Å²) in [6.07, 6.45) is 6.33. The van der Waals surface area contributed by atoms with Gasteiger partial charge in [0.15, 0.2) is 11.6 Å². The fourth-order valence-corrected chi connectivity index (χ4v) is 4.98. The molecule has 158 valence electrons. The van der Waals surface area contributed by atoms with Crippen molar-refractivity contribution in [1.82, 2.24) is 0 Å². The van der Waals surface area contributed by atoms with Crippen LogP contribution in [-0.4, -0.2) is 6.36 Å². The summed E-state index contributed by atoms with van der Waals surface area (Å²) < 4.78 is 67.9. The molecule has 0 unspecified atom stereocenters. The van der Waals surface area contributed by atoms with E-state index >= 15 is 0 Å². The first kappa shape index (κ1) is 21.4. The zero-order valence-electron chi connectivity index (χ0n) is 16.3. The fourth-order valence-electron chi connectivity index (χ4n) is 4.98. The van der Waals surface area contributed by atoms with Gasteiger partial charge in [0.05, 0.1) is 0 Å². The van der Waals surface area contributed by atoms with E-state index in [0.29, 0.717) is 17.9 Å². The maximum Gasteiger partial charge on any atom is 0.573 e. The van der Waals surface area contributed by atoms with Crippen LogP contribution in [0.2, 0.25) is 0 Å². The molecule has 2 aliphatic carbocycles. The van der Waals surface area contributed by atoms with Gasteiger partial charge in [-0.25, -0.2) is 8.78 Å². The van der Waals surface area contributed by atoms with Gasteiger partial charge in [-0.3, -0.25) is 0 Å². The highest BCUT2D eigenvalue weighted by molar-refractivity contribution is 5.31. The van der Waals surface area contributed by atoms with Crippen LogP contribution in [0.5, 0.6) is 5.75 Å². The molecule has 0 aromatic heterocycles. The largest absolute Gasteiger partial charge is 0.573 e. The van der Waals surface area contributed by atoms with E-state index in [9.17, 15) is 22.0 Å². The van der Waals surface area contributed by atoms with Crippen LogP contribution in [0, 0.1) is 35.3 Å². The van der Waals surface area contributed by atoms with Gasteiger partial charge in [0.25, 0.3) is 0 Å². The van der Waals surface area contributed by atoms with Gasteiger partial charge in [-0.1, -0.05) is 45.4 Å². The number of rotatable bonds is 5. The summed E-state index contributed by atoms with van der Waals surface area (Å²) in [5.41, 5.74) is 0.397. The third-order valence-electron chi connectivity index (χ3n) is 6.57. The molecule has 2 fully saturated rings. The fraction of sp³-hybridized carbons (Fsp3) is 0.727. The Morgan fingerprint density at radius 2 is 1.29 bits per heavy atom. The van der Waals surface area contributed by atoms with Gasteiger partial charge >= 0.3 is 6.36 Å². The predicted octanol–water partition coefficient (Wildman–Crippen LogP) is 7.43.